The SMILES string of the molecule is Cc1noc(C)c1-c1cc(CC2CCCCC2)nc(-c2cccc(OC[C@H](O)CN)c2)n1. The highest BCUT2D eigenvalue weighted by Crippen LogP contribution is 2.31. The van der Waals surface area contributed by atoms with Crippen molar-refractivity contribution in [2.75, 3.05) is 13.2 Å². The van der Waals surface area contributed by atoms with Crippen molar-refractivity contribution in [3.8, 4) is 28.4 Å². The average molecular weight is 437 g/mol. The Bertz CT molecular complexity index is 1020. The van der Waals surface area contributed by atoms with Crippen molar-refractivity contribution in [3.05, 3.63) is 47.5 Å². The number of hydrogen-bond acceptors (Lipinski definition) is 7. The molecule has 0 amide bonds. The van der Waals surface area contributed by atoms with Crippen molar-refractivity contribution in [1.29, 1.82) is 0 Å². The van der Waals surface area contributed by atoms with E-state index in [1.165, 1.54) is 32.1 Å². The predicted molar refractivity (Wildman–Crippen MR) is 123 cm³/mol. The highest BCUT2D eigenvalue weighted by molar-refractivity contribution is 5.67. The molecule has 0 unspecified atom stereocenters. The highest BCUT2D eigenvalue weighted by Gasteiger charge is 2.19. The van der Waals surface area contributed by atoms with Crippen LogP contribution in [0.15, 0.2) is 34.9 Å². The van der Waals surface area contributed by atoms with Crippen molar-refractivity contribution in [1.82, 2.24) is 15.1 Å². The molecule has 0 aliphatic heterocycles. The number of aromatic nitrogens is 3. The number of hydrogen-bond donors (Lipinski definition) is 2. The summed E-state index contributed by atoms with van der Waals surface area (Å²) in [6.45, 7) is 4.15. The zero-order valence-corrected chi connectivity index (χ0v) is 18.9. The van der Waals surface area contributed by atoms with E-state index < -0.39 is 6.10 Å². The number of aryl methyl sites for hydroxylation is 2. The summed E-state index contributed by atoms with van der Waals surface area (Å²) < 4.78 is 11.1. The molecule has 32 heavy (non-hydrogen) atoms. The Labute approximate surface area is 189 Å². The van der Waals surface area contributed by atoms with Gasteiger partial charge in [-0.2, -0.15) is 0 Å². The maximum absolute atomic E-state index is 9.70. The van der Waals surface area contributed by atoms with Crippen LogP contribution in [0.3, 0.4) is 0 Å². The van der Waals surface area contributed by atoms with Gasteiger partial charge in [-0.05, 0) is 44.4 Å². The van der Waals surface area contributed by atoms with Crippen molar-refractivity contribution < 1.29 is 14.4 Å². The Kier molecular flexibility index (Phi) is 7.17. The minimum atomic E-state index is -0.695. The first-order valence-corrected chi connectivity index (χ1v) is 11.5. The van der Waals surface area contributed by atoms with E-state index in [9.17, 15) is 5.11 Å². The summed E-state index contributed by atoms with van der Waals surface area (Å²) in [6.07, 6.45) is 6.70. The molecule has 170 valence electrons. The zero-order valence-electron chi connectivity index (χ0n) is 18.9. The summed E-state index contributed by atoms with van der Waals surface area (Å²) in [5, 5.41) is 13.8. The van der Waals surface area contributed by atoms with Crippen LogP contribution in [0.5, 0.6) is 5.75 Å². The normalized spacial score (nSPS) is 15.6. The van der Waals surface area contributed by atoms with Crippen LogP contribution in [0.4, 0.5) is 0 Å². The van der Waals surface area contributed by atoms with Gasteiger partial charge in [-0.25, -0.2) is 9.97 Å². The van der Waals surface area contributed by atoms with Gasteiger partial charge in [0.1, 0.15) is 24.2 Å². The fraction of sp³-hybridized carbons (Fsp3) is 0.480. The van der Waals surface area contributed by atoms with Gasteiger partial charge in [-0.15, -0.1) is 0 Å². The smallest absolute Gasteiger partial charge is 0.160 e. The first kappa shape index (κ1) is 22.4. The van der Waals surface area contributed by atoms with Crippen molar-refractivity contribution in [3.63, 3.8) is 0 Å². The van der Waals surface area contributed by atoms with Crippen LogP contribution in [0.25, 0.3) is 22.6 Å². The van der Waals surface area contributed by atoms with Gasteiger partial charge < -0.3 is 20.1 Å². The summed E-state index contributed by atoms with van der Waals surface area (Å²) in [6, 6.07) is 9.73. The van der Waals surface area contributed by atoms with E-state index in [2.05, 4.69) is 11.2 Å². The first-order chi connectivity index (χ1) is 15.5. The molecule has 0 bridgehead atoms. The molecule has 7 nitrogen and oxygen atoms in total. The van der Waals surface area contributed by atoms with Crippen LogP contribution >= 0.6 is 0 Å². The molecule has 1 aromatic carbocycles. The molecule has 0 saturated heterocycles. The third-order valence-electron chi connectivity index (χ3n) is 6.10. The van der Waals surface area contributed by atoms with Gasteiger partial charge in [-0.1, -0.05) is 49.4 Å². The van der Waals surface area contributed by atoms with E-state index in [4.69, 9.17) is 25.0 Å². The molecule has 0 radical (unpaired) electrons. The number of benzene rings is 1. The molecule has 1 aliphatic carbocycles. The van der Waals surface area contributed by atoms with Crippen molar-refractivity contribution >= 4 is 0 Å². The van der Waals surface area contributed by atoms with Gasteiger partial charge in [0.25, 0.3) is 0 Å². The van der Waals surface area contributed by atoms with E-state index in [-0.39, 0.29) is 13.2 Å². The maximum Gasteiger partial charge on any atom is 0.160 e. The number of nitrogens with zero attached hydrogens (tertiary/aromatic N) is 3. The van der Waals surface area contributed by atoms with Crippen LogP contribution in [-0.4, -0.2) is 39.5 Å². The summed E-state index contributed by atoms with van der Waals surface area (Å²) in [5.74, 6) is 2.72. The van der Waals surface area contributed by atoms with Gasteiger partial charge in [0, 0.05) is 17.8 Å². The number of nitrogens with two attached hydrogens (primary N) is 1. The molecule has 1 aliphatic rings. The van der Waals surface area contributed by atoms with E-state index in [0.29, 0.717) is 17.5 Å². The van der Waals surface area contributed by atoms with Crippen LogP contribution in [0, 0.1) is 19.8 Å². The summed E-state index contributed by atoms with van der Waals surface area (Å²) >= 11 is 0. The van der Waals surface area contributed by atoms with Crippen LogP contribution in [0.1, 0.15) is 49.3 Å². The summed E-state index contributed by atoms with van der Waals surface area (Å²) in [4.78, 5) is 9.81. The molecule has 4 rings (SSSR count). The third kappa shape index (κ3) is 5.34. The number of aliphatic hydroxyl groups excluding tert-OH is 1. The molecule has 1 fully saturated rings. The summed E-state index contributed by atoms with van der Waals surface area (Å²) in [5.41, 5.74) is 9.97. The van der Waals surface area contributed by atoms with E-state index in [1.807, 2.05) is 38.1 Å². The van der Waals surface area contributed by atoms with E-state index in [1.54, 1.807) is 0 Å². The summed E-state index contributed by atoms with van der Waals surface area (Å²) in [7, 11) is 0. The van der Waals surface area contributed by atoms with Gasteiger partial charge in [0.2, 0.25) is 0 Å². The Morgan fingerprint density at radius 2 is 1.97 bits per heavy atom. The minimum absolute atomic E-state index is 0.146. The molecule has 2 heterocycles. The Balaban J connectivity index is 1.69. The fourth-order valence-electron chi connectivity index (χ4n) is 4.38. The second-order valence-corrected chi connectivity index (χ2v) is 8.70. The lowest BCUT2D eigenvalue weighted by atomic mass is 9.86. The molecule has 0 spiro atoms. The molecule has 3 aromatic rings. The molecule has 2 aromatic heterocycles. The van der Waals surface area contributed by atoms with Crippen molar-refractivity contribution in [2.45, 2.75) is 58.5 Å². The molecular formula is C25H32N4O3. The molecule has 3 N–H and O–H groups in total. The standard InChI is InChI=1S/C25H32N4O3/c1-16-24(17(2)32-29-16)23-13-20(11-18-7-4-3-5-8-18)27-25(28-23)19-9-6-10-22(12-19)31-15-21(30)14-26/h6,9-10,12-13,18,21,30H,3-5,7-8,11,14-15,26H2,1-2H3/t21-/m1/s1. The third-order valence-corrected chi connectivity index (χ3v) is 6.10. The second-order valence-electron chi connectivity index (χ2n) is 8.70. The molecule has 7 heteroatoms. The lowest BCUT2D eigenvalue weighted by Gasteiger charge is -2.21. The monoisotopic (exact) mass is 436 g/mol. The topological polar surface area (TPSA) is 107 Å². The van der Waals surface area contributed by atoms with Gasteiger partial charge in [0.15, 0.2) is 5.82 Å². The van der Waals surface area contributed by atoms with E-state index in [0.717, 1.165) is 40.4 Å². The average Bonchev–Trinajstić information content (AvgIpc) is 3.16. The second kappa shape index (κ2) is 10.2. The van der Waals surface area contributed by atoms with Crippen LogP contribution < -0.4 is 10.5 Å². The van der Waals surface area contributed by atoms with Gasteiger partial charge in [-0.3, -0.25) is 0 Å². The van der Waals surface area contributed by atoms with Crippen LogP contribution in [0.2, 0.25) is 0 Å². The predicted octanol–water partition coefficient (Wildman–Crippen LogP) is 4.24. The lowest BCUT2D eigenvalue weighted by molar-refractivity contribution is 0.114. The van der Waals surface area contributed by atoms with Crippen molar-refractivity contribution in [2.24, 2.45) is 11.7 Å². The van der Waals surface area contributed by atoms with E-state index >= 15 is 0 Å². The fourth-order valence-corrected chi connectivity index (χ4v) is 4.38. The zero-order chi connectivity index (χ0) is 22.5. The Morgan fingerprint density at radius 1 is 1.16 bits per heavy atom. The maximum atomic E-state index is 9.70. The molecule has 1 saturated carbocycles. The first-order valence-electron chi connectivity index (χ1n) is 11.5. The molecular weight excluding hydrogens is 404 g/mol. The number of rotatable bonds is 8. The van der Waals surface area contributed by atoms with Gasteiger partial charge >= 0.3 is 0 Å². The number of ether oxygens (including phenoxy) is 1. The minimum Gasteiger partial charge on any atom is -0.491 e. The molecule has 1 atom stereocenters. The largest absolute Gasteiger partial charge is 0.491 e. The Morgan fingerprint density at radius 3 is 2.69 bits per heavy atom. The highest BCUT2D eigenvalue weighted by atomic mass is 16.5. The number of aliphatic hydroxyl groups is 1. The lowest BCUT2D eigenvalue weighted by Crippen LogP contribution is -2.26. The quantitative estimate of drug-likeness (QED) is 0.544. The van der Waals surface area contributed by atoms with Gasteiger partial charge in [0.05, 0.1) is 17.0 Å². The Hall–Kier alpha value is -2.77. The van der Waals surface area contributed by atoms with Crippen LogP contribution in [-0.2, 0) is 6.42 Å².